The number of methoxy groups -OCH3 is 1. The van der Waals surface area contributed by atoms with Gasteiger partial charge in [-0.1, -0.05) is 38.1 Å². The molecule has 0 aliphatic rings. The fourth-order valence-corrected chi connectivity index (χ4v) is 2.11. The van der Waals surface area contributed by atoms with Crippen molar-refractivity contribution in [3.05, 3.63) is 35.4 Å². The minimum absolute atomic E-state index is 0.282. The minimum atomic E-state index is 0.282. The third-order valence-electron chi connectivity index (χ3n) is 3.37. The lowest BCUT2D eigenvalue weighted by molar-refractivity contribution is 0.100. The SMILES string of the molecule is CCCNC(CC(C)OC)c1cccc(CC)c1. The van der Waals surface area contributed by atoms with Gasteiger partial charge >= 0.3 is 0 Å². The average Bonchev–Trinajstić information content (AvgIpc) is 2.43. The highest BCUT2D eigenvalue weighted by Crippen LogP contribution is 2.21. The maximum Gasteiger partial charge on any atom is 0.0561 e. The molecule has 0 aliphatic carbocycles. The summed E-state index contributed by atoms with van der Waals surface area (Å²) in [7, 11) is 1.78. The molecule has 1 rings (SSSR count). The van der Waals surface area contributed by atoms with Crippen LogP contribution in [0.1, 0.15) is 50.8 Å². The standard InChI is InChI=1S/C16H27NO/c1-5-10-17-16(11-13(3)18-4)15-9-7-8-14(6-2)12-15/h7-9,12-13,16-17H,5-6,10-11H2,1-4H3. The van der Waals surface area contributed by atoms with Gasteiger partial charge in [-0.3, -0.25) is 0 Å². The summed E-state index contributed by atoms with van der Waals surface area (Å²) in [6.07, 6.45) is 3.55. The summed E-state index contributed by atoms with van der Waals surface area (Å²) in [4.78, 5) is 0. The van der Waals surface area contributed by atoms with Gasteiger partial charge in [-0.2, -0.15) is 0 Å². The van der Waals surface area contributed by atoms with E-state index in [-0.39, 0.29) is 6.10 Å². The van der Waals surface area contributed by atoms with Crippen LogP contribution >= 0.6 is 0 Å². The monoisotopic (exact) mass is 249 g/mol. The molecule has 2 unspecified atom stereocenters. The Morgan fingerprint density at radius 2 is 2.06 bits per heavy atom. The Morgan fingerprint density at radius 1 is 1.28 bits per heavy atom. The zero-order chi connectivity index (χ0) is 13.4. The molecule has 0 saturated carbocycles. The van der Waals surface area contributed by atoms with Crippen LogP contribution in [0.4, 0.5) is 0 Å². The summed E-state index contributed by atoms with van der Waals surface area (Å²) in [6.45, 7) is 7.58. The van der Waals surface area contributed by atoms with Gasteiger partial charge in [0.2, 0.25) is 0 Å². The normalized spacial score (nSPS) is 14.4. The van der Waals surface area contributed by atoms with Gasteiger partial charge in [0.25, 0.3) is 0 Å². The zero-order valence-corrected chi connectivity index (χ0v) is 12.2. The Hall–Kier alpha value is -0.860. The van der Waals surface area contributed by atoms with Crippen molar-refractivity contribution in [2.24, 2.45) is 0 Å². The Labute approximate surface area is 112 Å². The van der Waals surface area contributed by atoms with Crippen molar-refractivity contribution in [3.8, 4) is 0 Å². The van der Waals surface area contributed by atoms with Gasteiger partial charge in [0.15, 0.2) is 0 Å². The first-order valence-corrected chi connectivity index (χ1v) is 7.06. The third kappa shape index (κ3) is 4.79. The number of aryl methyl sites for hydroxylation is 1. The number of rotatable bonds is 8. The quantitative estimate of drug-likeness (QED) is 0.758. The Kier molecular flexibility index (Phi) is 6.99. The summed E-state index contributed by atoms with van der Waals surface area (Å²) in [5.41, 5.74) is 2.78. The summed E-state index contributed by atoms with van der Waals surface area (Å²) in [6, 6.07) is 9.28. The van der Waals surface area contributed by atoms with E-state index in [1.807, 2.05) is 0 Å². The summed E-state index contributed by atoms with van der Waals surface area (Å²) < 4.78 is 5.40. The highest BCUT2D eigenvalue weighted by Gasteiger charge is 2.14. The van der Waals surface area contributed by atoms with E-state index in [0.29, 0.717) is 6.04 Å². The number of nitrogens with one attached hydrogen (secondary N) is 1. The van der Waals surface area contributed by atoms with E-state index >= 15 is 0 Å². The van der Waals surface area contributed by atoms with Crippen molar-refractivity contribution in [2.45, 2.75) is 52.2 Å². The van der Waals surface area contributed by atoms with Crippen molar-refractivity contribution in [1.82, 2.24) is 5.32 Å². The molecule has 0 heterocycles. The first kappa shape index (κ1) is 15.2. The Morgan fingerprint density at radius 3 is 2.67 bits per heavy atom. The first-order valence-electron chi connectivity index (χ1n) is 7.06. The molecule has 102 valence electrons. The second-order valence-electron chi connectivity index (χ2n) is 4.89. The molecule has 0 saturated heterocycles. The van der Waals surface area contributed by atoms with Crippen molar-refractivity contribution in [1.29, 1.82) is 0 Å². The molecule has 0 aromatic heterocycles. The molecule has 2 heteroatoms. The van der Waals surface area contributed by atoms with Crippen molar-refractivity contribution in [2.75, 3.05) is 13.7 Å². The Balaban J connectivity index is 2.78. The first-order chi connectivity index (χ1) is 8.71. The van der Waals surface area contributed by atoms with Crippen LogP contribution < -0.4 is 5.32 Å². The molecule has 0 fully saturated rings. The van der Waals surface area contributed by atoms with E-state index in [9.17, 15) is 0 Å². The highest BCUT2D eigenvalue weighted by atomic mass is 16.5. The predicted molar refractivity (Wildman–Crippen MR) is 77.9 cm³/mol. The third-order valence-corrected chi connectivity index (χ3v) is 3.37. The van der Waals surface area contributed by atoms with Crippen molar-refractivity contribution < 1.29 is 4.74 Å². The van der Waals surface area contributed by atoms with Gasteiger partial charge in [0, 0.05) is 13.2 Å². The fourth-order valence-electron chi connectivity index (χ4n) is 2.11. The molecule has 0 aliphatic heterocycles. The van der Waals surface area contributed by atoms with Gasteiger partial charge in [-0.05, 0) is 43.9 Å². The molecule has 1 N–H and O–H groups in total. The summed E-state index contributed by atoms with van der Waals surface area (Å²) in [5, 5.41) is 3.62. The number of ether oxygens (including phenoxy) is 1. The van der Waals surface area contributed by atoms with Crippen LogP contribution in [0.25, 0.3) is 0 Å². The summed E-state index contributed by atoms with van der Waals surface area (Å²) >= 11 is 0. The molecule has 2 atom stereocenters. The zero-order valence-electron chi connectivity index (χ0n) is 12.2. The lowest BCUT2D eigenvalue weighted by atomic mass is 9.98. The van der Waals surface area contributed by atoms with Gasteiger partial charge in [0.05, 0.1) is 6.10 Å². The molecular formula is C16H27NO. The highest BCUT2D eigenvalue weighted by molar-refractivity contribution is 5.26. The average molecular weight is 249 g/mol. The van der Waals surface area contributed by atoms with Crippen LogP contribution in [-0.2, 0) is 11.2 Å². The molecule has 2 nitrogen and oxygen atoms in total. The van der Waals surface area contributed by atoms with E-state index in [4.69, 9.17) is 4.74 Å². The fraction of sp³-hybridized carbons (Fsp3) is 0.625. The molecule has 0 radical (unpaired) electrons. The lowest BCUT2D eigenvalue weighted by Crippen LogP contribution is -2.26. The van der Waals surface area contributed by atoms with Crippen LogP contribution in [0.15, 0.2) is 24.3 Å². The van der Waals surface area contributed by atoms with Gasteiger partial charge in [-0.15, -0.1) is 0 Å². The summed E-state index contributed by atoms with van der Waals surface area (Å²) in [5.74, 6) is 0. The molecule has 0 spiro atoms. The van der Waals surface area contributed by atoms with Crippen molar-refractivity contribution >= 4 is 0 Å². The molecule has 0 amide bonds. The second-order valence-corrected chi connectivity index (χ2v) is 4.89. The number of hydrogen-bond acceptors (Lipinski definition) is 2. The minimum Gasteiger partial charge on any atom is -0.382 e. The van der Waals surface area contributed by atoms with Crippen LogP contribution in [0.5, 0.6) is 0 Å². The van der Waals surface area contributed by atoms with E-state index in [2.05, 4.69) is 50.4 Å². The molecule has 1 aromatic carbocycles. The number of benzene rings is 1. The van der Waals surface area contributed by atoms with Gasteiger partial charge in [-0.25, -0.2) is 0 Å². The maximum absolute atomic E-state index is 5.40. The molecule has 0 bridgehead atoms. The van der Waals surface area contributed by atoms with Crippen LogP contribution in [0, 0.1) is 0 Å². The van der Waals surface area contributed by atoms with Crippen molar-refractivity contribution in [3.63, 3.8) is 0 Å². The van der Waals surface area contributed by atoms with E-state index in [1.165, 1.54) is 11.1 Å². The molecular weight excluding hydrogens is 222 g/mol. The van der Waals surface area contributed by atoms with Crippen LogP contribution in [-0.4, -0.2) is 19.8 Å². The van der Waals surface area contributed by atoms with Gasteiger partial charge in [0.1, 0.15) is 0 Å². The van der Waals surface area contributed by atoms with E-state index in [0.717, 1.165) is 25.8 Å². The smallest absolute Gasteiger partial charge is 0.0561 e. The van der Waals surface area contributed by atoms with E-state index < -0.39 is 0 Å². The maximum atomic E-state index is 5.40. The van der Waals surface area contributed by atoms with Gasteiger partial charge < -0.3 is 10.1 Å². The van der Waals surface area contributed by atoms with E-state index in [1.54, 1.807) is 7.11 Å². The second kappa shape index (κ2) is 8.28. The lowest BCUT2D eigenvalue weighted by Gasteiger charge is -2.22. The Bertz CT molecular complexity index is 338. The molecule has 1 aromatic rings. The molecule has 18 heavy (non-hydrogen) atoms. The van der Waals surface area contributed by atoms with Crippen LogP contribution in [0.3, 0.4) is 0 Å². The largest absolute Gasteiger partial charge is 0.382 e. The topological polar surface area (TPSA) is 21.3 Å². The van der Waals surface area contributed by atoms with Crippen LogP contribution in [0.2, 0.25) is 0 Å². The predicted octanol–water partition coefficient (Wildman–Crippen LogP) is 3.71. The number of hydrogen-bond donors (Lipinski definition) is 1.